The van der Waals surface area contributed by atoms with Gasteiger partial charge < -0.3 is 10.1 Å². The van der Waals surface area contributed by atoms with Crippen molar-refractivity contribution in [3.05, 3.63) is 29.3 Å². The van der Waals surface area contributed by atoms with Crippen molar-refractivity contribution in [2.75, 3.05) is 6.54 Å². The summed E-state index contributed by atoms with van der Waals surface area (Å²) in [5, 5.41) is 4.47. The molecule has 0 saturated carbocycles. The SMILES string of the molecule is Cc1ccc(S(=O)(=O)NCC(=O)O[C@H](C)C(=O)NC(=O)NC(C)C)cc1C. The molecule has 0 radical (unpaired) electrons. The predicted molar refractivity (Wildman–Crippen MR) is 98.5 cm³/mol. The first-order valence-electron chi connectivity index (χ1n) is 8.30. The number of ether oxygens (including phenoxy) is 1. The largest absolute Gasteiger partial charge is 0.452 e. The van der Waals surface area contributed by atoms with E-state index in [-0.39, 0.29) is 10.9 Å². The van der Waals surface area contributed by atoms with Crippen molar-refractivity contribution in [2.45, 2.75) is 51.7 Å². The zero-order valence-electron chi connectivity index (χ0n) is 16.0. The van der Waals surface area contributed by atoms with E-state index < -0.39 is 40.6 Å². The molecule has 0 bridgehead atoms. The van der Waals surface area contributed by atoms with Crippen LogP contribution in [0.1, 0.15) is 31.9 Å². The molecule has 1 atom stereocenters. The van der Waals surface area contributed by atoms with Crippen molar-refractivity contribution in [1.29, 1.82) is 0 Å². The predicted octanol–water partition coefficient (Wildman–Crippen LogP) is 0.748. The number of benzene rings is 1. The van der Waals surface area contributed by atoms with E-state index in [1.165, 1.54) is 19.1 Å². The number of imide groups is 1. The zero-order chi connectivity index (χ0) is 20.8. The molecule has 1 rings (SSSR count). The fourth-order valence-electron chi connectivity index (χ4n) is 1.92. The molecule has 3 amide bonds. The van der Waals surface area contributed by atoms with Gasteiger partial charge in [0.15, 0.2) is 6.10 Å². The maximum absolute atomic E-state index is 12.2. The number of hydrogen-bond donors (Lipinski definition) is 3. The summed E-state index contributed by atoms with van der Waals surface area (Å²) in [6, 6.07) is 3.70. The van der Waals surface area contributed by atoms with Gasteiger partial charge in [0, 0.05) is 6.04 Å². The van der Waals surface area contributed by atoms with E-state index in [0.29, 0.717) is 0 Å². The second-order valence-electron chi connectivity index (χ2n) is 6.32. The Morgan fingerprint density at radius 2 is 1.70 bits per heavy atom. The van der Waals surface area contributed by atoms with Crippen molar-refractivity contribution >= 4 is 27.9 Å². The third kappa shape index (κ3) is 7.35. The molecule has 0 saturated heterocycles. The highest BCUT2D eigenvalue weighted by molar-refractivity contribution is 7.89. The molecule has 3 N–H and O–H groups in total. The van der Waals surface area contributed by atoms with Crippen LogP contribution in [-0.2, 0) is 24.3 Å². The summed E-state index contributed by atoms with van der Waals surface area (Å²) in [6.07, 6.45) is -1.26. The van der Waals surface area contributed by atoms with Crippen molar-refractivity contribution in [2.24, 2.45) is 0 Å². The summed E-state index contributed by atoms with van der Waals surface area (Å²) >= 11 is 0. The van der Waals surface area contributed by atoms with Gasteiger partial charge in [0.25, 0.3) is 5.91 Å². The first-order valence-corrected chi connectivity index (χ1v) is 9.78. The second-order valence-corrected chi connectivity index (χ2v) is 8.09. The molecule has 0 aliphatic rings. The van der Waals surface area contributed by atoms with Crippen LogP contribution in [0, 0.1) is 13.8 Å². The fraction of sp³-hybridized carbons (Fsp3) is 0.471. The molecule has 0 aromatic heterocycles. The van der Waals surface area contributed by atoms with Gasteiger partial charge in [-0.05, 0) is 57.9 Å². The van der Waals surface area contributed by atoms with Crippen LogP contribution in [0.15, 0.2) is 23.1 Å². The minimum absolute atomic E-state index is 0.0227. The number of carbonyl (C=O) groups is 3. The summed E-state index contributed by atoms with van der Waals surface area (Å²) in [5.74, 6) is -1.77. The van der Waals surface area contributed by atoms with Gasteiger partial charge in [0.05, 0.1) is 4.90 Å². The lowest BCUT2D eigenvalue weighted by Crippen LogP contribution is -2.47. The Morgan fingerprint density at radius 1 is 1.07 bits per heavy atom. The summed E-state index contributed by atoms with van der Waals surface area (Å²) < 4.78 is 31.4. The highest BCUT2D eigenvalue weighted by Gasteiger charge is 2.22. The number of amides is 3. The van der Waals surface area contributed by atoms with Gasteiger partial charge in [-0.1, -0.05) is 6.07 Å². The lowest BCUT2D eigenvalue weighted by Gasteiger charge is -2.14. The van der Waals surface area contributed by atoms with Gasteiger partial charge >= 0.3 is 12.0 Å². The average molecular weight is 399 g/mol. The van der Waals surface area contributed by atoms with Gasteiger partial charge in [-0.15, -0.1) is 0 Å². The van der Waals surface area contributed by atoms with E-state index in [1.807, 2.05) is 12.2 Å². The normalized spacial score (nSPS) is 12.4. The van der Waals surface area contributed by atoms with Crippen molar-refractivity contribution < 1.29 is 27.5 Å². The Morgan fingerprint density at radius 3 is 2.26 bits per heavy atom. The quantitative estimate of drug-likeness (QED) is 0.580. The molecule has 0 aliphatic heterocycles. The Hall–Kier alpha value is -2.46. The van der Waals surface area contributed by atoms with E-state index >= 15 is 0 Å². The Bertz CT molecular complexity index is 820. The molecule has 27 heavy (non-hydrogen) atoms. The van der Waals surface area contributed by atoms with E-state index in [0.717, 1.165) is 11.1 Å². The number of urea groups is 1. The molecule has 10 heteroatoms. The van der Waals surface area contributed by atoms with E-state index in [1.54, 1.807) is 26.8 Å². The maximum Gasteiger partial charge on any atom is 0.321 e. The van der Waals surface area contributed by atoms with Crippen LogP contribution >= 0.6 is 0 Å². The smallest absolute Gasteiger partial charge is 0.321 e. The van der Waals surface area contributed by atoms with Crippen molar-refractivity contribution in [3.63, 3.8) is 0 Å². The minimum Gasteiger partial charge on any atom is -0.452 e. The molecule has 0 heterocycles. The molecule has 1 aromatic rings. The van der Waals surface area contributed by atoms with Crippen LogP contribution in [0.4, 0.5) is 4.79 Å². The van der Waals surface area contributed by atoms with Crippen LogP contribution in [0.25, 0.3) is 0 Å². The molecule has 1 aromatic carbocycles. The third-order valence-electron chi connectivity index (χ3n) is 3.53. The van der Waals surface area contributed by atoms with Crippen LogP contribution in [0.2, 0.25) is 0 Å². The Kier molecular flexibility index (Phi) is 7.92. The number of aryl methyl sites for hydroxylation is 2. The zero-order valence-corrected chi connectivity index (χ0v) is 16.8. The molecule has 0 unspecified atom stereocenters. The van der Waals surface area contributed by atoms with Gasteiger partial charge in [0.2, 0.25) is 10.0 Å². The highest BCUT2D eigenvalue weighted by Crippen LogP contribution is 2.14. The summed E-state index contributed by atoms with van der Waals surface area (Å²) in [5.41, 5.74) is 1.74. The lowest BCUT2D eigenvalue weighted by atomic mass is 10.1. The van der Waals surface area contributed by atoms with Gasteiger partial charge in [-0.2, -0.15) is 4.72 Å². The monoisotopic (exact) mass is 399 g/mol. The minimum atomic E-state index is -3.90. The van der Waals surface area contributed by atoms with Gasteiger partial charge in [0.1, 0.15) is 6.54 Å². The van der Waals surface area contributed by atoms with Crippen LogP contribution in [0.5, 0.6) is 0 Å². The number of hydrogen-bond acceptors (Lipinski definition) is 6. The summed E-state index contributed by atoms with van der Waals surface area (Å²) in [7, 11) is -3.90. The molecule has 0 aliphatic carbocycles. The topological polar surface area (TPSA) is 131 Å². The Labute approximate surface area is 158 Å². The maximum atomic E-state index is 12.2. The number of rotatable bonds is 7. The third-order valence-corrected chi connectivity index (χ3v) is 4.93. The molecule has 9 nitrogen and oxygen atoms in total. The van der Waals surface area contributed by atoms with Crippen LogP contribution < -0.4 is 15.4 Å². The Balaban J connectivity index is 2.57. The second kappa shape index (κ2) is 9.47. The van der Waals surface area contributed by atoms with Crippen LogP contribution in [0.3, 0.4) is 0 Å². The standard InChI is InChI=1S/C17H25N3O6S/c1-10(2)19-17(23)20-16(22)13(5)26-15(21)9-18-27(24,25)14-7-6-11(3)12(4)8-14/h6-8,10,13,18H,9H2,1-5H3,(H2,19,20,22,23)/t13-/m1/s1. The van der Waals surface area contributed by atoms with Crippen LogP contribution in [-0.4, -0.2) is 45.0 Å². The van der Waals surface area contributed by atoms with E-state index in [2.05, 4.69) is 10.0 Å². The van der Waals surface area contributed by atoms with E-state index in [4.69, 9.17) is 4.74 Å². The average Bonchev–Trinajstić information content (AvgIpc) is 2.54. The number of esters is 1. The van der Waals surface area contributed by atoms with E-state index in [9.17, 15) is 22.8 Å². The van der Waals surface area contributed by atoms with Crippen molar-refractivity contribution in [1.82, 2.24) is 15.4 Å². The summed E-state index contributed by atoms with van der Waals surface area (Å²) in [6.45, 7) is 7.69. The molecular formula is C17H25N3O6S. The molecule has 150 valence electrons. The first kappa shape index (κ1) is 22.6. The highest BCUT2D eigenvalue weighted by atomic mass is 32.2. The molecule has 0 spiro atoms. The van der Waals surface area contributed by atoms with Gasteiger partial charge in [-0.25, -0.2) is 13.2 Å². The summed E-state index contributed by atoms with van der Waals surface area (Å²) in [4.78, 5) is 35.0. The molecular weight excluding hydrogens is 374 g/mol. The fourth-order valence-corrected chi connectivity index (χ4v) is 2.98. The molecule has 0 fully saturated rings. The van der Waals surface area contributed by atoms with Gasteiger partial charge in [-0.3, -0.25) is 14.9 Å². The lowest BCUT2D eigenvalue weighted by molar-refractivity contribution is -0.153. The first-order chi connectivity index (χ1) is 12.4. The number of nitrogens with one attached hydrogen (secondary N) is 3. The van der Waals surface area contributed by atoms with Crippen molar-refractivity contribution in [3.8, 4) is 0 Å². The number of carbonyl (C=O) groups excluding carboxylic acids is 3. The number of sulfonamides is 1.